The van der Waals surface area contributed by atoms with Gasteiger partial charge in [-0.25, -0.2) is 9.59 Å². The molecular weight excluding hydrogens is 298 g/mol. The summed E-state index contributed by atoms with van der Waals surface area (Å²) in [4.78, 5) is 20.9. The number of halogens is 6. The van der Waals surface area contributed by atoms with Gasteiger partial charge in [0.15, 0.2) is 0 Å². The fourth-order valence-corrected chi connectivity index (χ4v) is 1.69. The van der Waals surface area contributed by atoms with Gasteiger partial charge in [0.2, 0.25) is 0 Å². The fourth-order valence-electron chi connectivity index (χ4n) is 1.69. The Morgan fingerprint density at radius 2 is 1.40 bits per heavy atom. The molecule has 0 aliphatic heterocycles. The Morgan fingerprint density at radius 1 is 0.950 bits per heavy atom. The van der Waals surface area contributed by atoms with E-state index in [0.29, 0.717) is 12.8 Å². The van der Waals surface area contributed by atoms with Crippen LogP contribution in [0.15, 0.2) is 0 Å². The number of alkyl halides is 6. The third-order valence-corrected chi connectivity index (χ3v) is 2.89. The summed E-state index contributed by atoms with van der Waals surface area (Å²) in [5, 5.41) is 7.89. The van der Waals surface area contributed by atoms with Crippen molar-refractivity contribution < 1.29 is 45.8 Å². The van der Waals surface area contributed by atoms with E-state index in [1.807, 2.05) is 0 Å². The zero-order valence-electron chi connectivity index (χ0n) is 9.85. The van der Waals surface area contributed by atoms with Crippen LogP contribution in [0.25, 0.3) is 0 Å². The molecule has 1 saturated carbocycles. The second-order valence-electron chi connectivity index (χ2n) is 4.34. The van der Waals surface area contributed by atoms with Crippen LogP contribution in [0.1, 0.15) is 25.7 Å². The minimum absolute atomic E-state index is 0.155. The molecule has 0 bridgehead atoms. The van der Waals surface area contributed by atoms with Gasteiger partial charge in [0.05, 0.1) is 0 Å². The highest BCUT2D eigenvalue weighted by Gasteiger charge is 2.79. The number of rotatable bonds is 5. The van der Waals surface area contributed by atoms with Crippen LogP contribution < -0.4 is 0 Å². The number of carboxylic acids is 1. The van der Waals surface area contributed by atoms with Gasteiger partial charge in [0, 0.05) is 0 Å². The number of carboxylic acid groups (broad SMARTS) is 1. The minimum Gasteiger partial charge on any atom is -0.477 e. The number of carbonyl (C=O) groups excluding carboxylic acids is 1. The zero-order valence-corrected chi connectivity index (χ0v) is 9.85. The molecule has 0 unspecified atom stereocenters. The highest BCUT2D eigenvalue weighted by Crippen LogP contribution is 2.46. The predicted molar refractivity (Wildman–Crippen MR) is 50.8 cm³/mol. The van der Waals surface area contributed by atoms with Crippen molar-refractivity contribution in [2.45, 2.75) is 49.6 Å². The molecule has 1 rings (SSSR count). The molecule has 0 spiro atoms. The summed E-state index contributed by atoms with van der Waals surface area (Å²) >= 11 is 0. The number of aliphatic carboxylic acids is 1. The monoisotopic (exact) mass is 308 g/mol. The van der Waals surface area contributed by atoms with Gasteiger partial charge in [0.1, 0.15) is 6.10 Å². The minimum atomic E-state index is -6.40. The van der Waals surface area contributed by atoms with Crippen molar-refractivity contribution in [1.82, 2.24) is 0 Å². The first-order valence-corrected chi connectivity index (χ1v) is 5.52. The molecule has 1 aliphatic carbocycles. The molecule has 1 N–H and O–H groups in total. The Bertz CT molecular complexity index is 403. The van der Waals surface area contributed by atoms with Gasteiger partial charge in [-0.15, -0.1) is 0 Å². The van der Waals surface area contributed by atoms with Crippen LogP contribution in [0.2, 0.25) is 0 Å². The van der Waals surface area contributed by atoms with E-state index in [0.717, 1.165) is 0 Å². The molecule has 10 heteroatoms. The average molecular weight is 308 g/mol. The summed E-state index contributed by atoms with van der Waals surface area (Å²) in [6.45, 7) is 0. The maximum Gasteiger partial charge on any atom is 0.411 e. The Kier molecular flexibility index (Phi) is 4.25. The molecule has 0 heterocycles. The lowest BCUT2D eigenvalue weighted by molar-refractivity contribution is -0.300. The van der Waals surface area contributed by atoms with Gasteiger partial charge in [0.25, 0.3) is 0 Å². The van der Waals surface area contributed by atoms with Crippen molar-refractivity contribution in [1.29, 1.82) is 0 Å². The Balaban J connectivity index is 2.94. The number of carbonyl (C=O) groups is 2. The molecule has 1 fully saturated rings. The summed E-state index contributed by atoms with van der Waals surface area (Å²) in [5.74, 6) is -24.8. The van der Waals surface area contributed by atoms with Crippen LogP contribution in [0.4, 0.5) is 26.3 Å². The lowest BCUT2D eigenvalue weighted by atomic mass is 10.0. The molecule has 0 aromatic carbocycles. The topological polar surface area (TPSA) is 63.6 Å². The zero-order chi connectivity index (χ0) is 15.8. The molecule has 4 nitrogen and oxygen atoms in total. The van der Waals surface area contributed by atoms with Gasteiger partial charge in [-0.1, -0.05) is 0 Å². The molecule has 116 valence electrons. The maximum atomic E-state index is 13.1. The third-order valence-electron chi connectivity index (χ3n) is 2.89. The van der Waals surface area contributed by atoms with E-state index in [9.17, 15) is 35.9 Å². The molecule has 0 saturated heterocycles. The largest absolute Gasteiger partial charge is 0.477 e. The highest BCUT2D eigenvalue weighted by atomic mass is 19.3. The summed E-state index contributed by atoms with van der Waals surface area (Å²) in [7, 11) is 0. The summed E-state index contributed by atoms with van der Waals surface area (Å²) < 4.78 is 81.6. The second kappa shape index (κ2) is 5.13. The van der Waals surface area contributed by atoms with E-state index in [1.165, 1.54) is 0 Å². The lowest BCUT2D eigenvalue weighted by Crippen LogP contribution is -2.61. The quantitative estimate of drug-likeness (QED) is 0.626. The number of hydrogen-bond acceptors (Lipinski definition) is 3. The van der Waals surface area contributed by atoms with Crippen molar-refractivity contribution in [2.75, 3.05) is 0 Å². The van der Waals surface area contributed by atoms with Crippen LogP contribution in [-0.4, -0.2) is 40.9 Å². The molecule has 0 aromatic rings. The normalized spacial score (nSPS) is 18.1. The van der Waals surface area contributed by atoms with E-state index in [-0.39, 0.29) is 12.8 Å². The first-order valence-electron chi connectivity index (χ1n) is 5.52. The average Bonchev–Trinajstić information content (AvgIpc) is 2.80. The first kappa shape index (κ1) is 16.6. The van der Waals surface area contributed by atoms with Crippen molar-refractivity contribution in [3.05, 3.63) is 0 Å². The van der Waals surface area contributed by atoms with E-state index < -0.39 is 35.8 Å². The Labute approximate surface area is 108 Å². The highest BCUT2D eigenvalue weighted by molar-refractivity contribution is 5.83. The standard InChI is InChI=1S/C10H10F6O4/c11-8(12,6(17)18)10(15,16)9(13,14)7(19)20-5-3-1-2-4-5/h5H,1-4H2,(H,17,18). The third kappa shape index (κ3) is 2.55. The number of ether oxygens (including phenoxy) is 1. The Hall–Kier alpha value is -1.48. The molecule has 1 aliphatic rings. The summed E-state index contributed by atoms with van der Waals surface area (Å²) in [6, 6.07) is 0. The van der Waals surface area contributed by atoms with Crippen LogP contribution in [0.3, 0.4) is 0 Å². The molecular formula is C10H10F6O4. The van der Waals surface area contributed by atoms with E-state index in [1.54, 1.807) is 0 Å². The van der Waals surface area contributed by atoms with E-state index in [2.05, 4.69) is 4.74 Å². The molecule has 0 amide bonds. The predicted octanol–water partition coefficient (Wildman–Crippen LogP) is 2.46. The van der Waals surface area contributed by atoms with Gasteiger partial charge in [-0.05, 0) is 25.7 Å². The second-order valence-corrected chi connectivity index (χ2v) is 4.34. The SMILES string of the molecule is O=C(O)C(F)(F)C(F)(F)C(F)(F)C(=O)OC1CCCC1. The van der Waals surface area contributed by atoms with Gasteiger partial charge < -0.3 is 9.84 Å². The van der Waals surface area contributed by atoms with Gasteiger partial charge in [-0.3, -0.25) is 0 Å². The van der Waals surface area contributed by atoms with E-state index in [4.69, 9.17) is 5.11 Å². The van der Waals surface area contributed by atoms with Crippen molar-refractivity contribution in [3.8, 4) is 0 Å². The van der Waals surface area contributed by atoms with Crippen molar-refractivity contribution in [2.24, 2.45) is 0 Å². The lowest BCUT2D eigenvalue weighted by Gasteiger charge is -2.29. The fraction of sp³-hybridized carbons (Fsp3) is 0.800. The smallest absolute Gasteiger partial charge is 0.411 e. The molecule has 0 radical (unpaired) electrons. The van der Waals surface area contributed by atoms with Crippen LogP contribution in [-0.2, 0) is 14.3 Å². The van der Waals surface area contributed by atoms with Crippen molar-refractivity contribution in [3.63, 3.8) is 0 Å². The van der Waals surface area contributed by atoms with Gasteiger partial charge >= 0.3 is 29.7 Å². The van der Waals surface area contributed by atoms with Crippen LogP contribution in [0, 0.1) is 0 Å². The summed E-state index contributed by atoms with van der Waals surface area (Å²) in [6.07, 6.45) is 0.296. The van der Waals surface area contributed by atoms with Crippen LogP contribution >= 0.6 is 0 Å². The molecule has 0 aromatic heterocycles. The number of esters is 1. The number of hydrogen-bond donors (Lipinski definition) is 1. The molecule has 20 heavy (non-hydrogen) atoms. The molecule has 0 atom stereocenters. The van der Waals surface area contributed by atoms with Crippen molar-refractivity contribution >= 4 is 11.9 Å². The van der Waals surface area contributed by atoms with Gasteiger partial charge in [-0.2, -0.15) is 26.3 Å². The summed E-state index contributed by atoms with van der Waals surface area (Å²) in [5.41, 5.74) is 0. The van der Waals surface area contributed by atoms with Crippen LogP contribution in [0.5, 0.6) is 0 Å². The van der Waals surface area contributed by atoms with E-state index >= 15 is 0 Å². The Morgan fingerprint density at radius 3 is 1.80 bits per heavy atom. The first-order chi connectivity index (χ1) is 8.94. The maximum absolute atomic E-state index is 13.1.